The average molecular weight is 445 g/mol. The second-order valence-electron chi connectivity index (χ2n) is 6.51. The van der Waals surface area contributed by atoms with Gasteiger partial charge in [-0.3, -0.25) is 14.5 Å². The number of thiocarbonyl (C=S) groups is 1. The van der Waals surface area contributed by atoms with Crippen molar-refractivity contribution in [2.24, 2.45) is 5.73 Å². The summed E-state index contributed by atoms with van der Waals surface area (Å²) in [6.07, 6.45) is -1.35. The van der Waals surface area contributed by atoms with Gasteiger partial charge in [0.05, 0.1) is 32.4 Å². The minimum Gasteiger partial charge on any atom is -0.442 e. The number of hydrogen-bond donors (Lipinski definition) is 2. The van der Waals surface area contributed by atoms with E-state index in [4.69, 9.17) is 27.5 Å². The number of likely N-dealkylation sites (N-methyl/N-ethyl adjacent to an activating group) is 1. The zero-order chi connectivity index (χ0) is 22.4. The van der Waals surface area contributed by atoms with Crippen molar-refractivity contribution < 1.29 is 27.9 Å². The lowest BCUT2D eigenvalue weighted by atomic mass is 10.2. The Labute approximate surface area is 178 Å². The molecule has 1 heterocycles. The predicted molar refractivity (Wildman–Crippen MR) is 111 cm³/mol. The van der Waals surface area contributed by atoms with Gasteiger partial charge in [0.15, 0.2) is 16.7 Å². The van der Waals surface area contributed by atoms with Crippen LogP contribution < -0.4 is 20.9 Å². The first-order valence-electron chi connectivity index (χ1n) is 9.25. The number of nitrogens with zero attached hydrogens (tertiary/aromatic N) is 3. The van der Waals surface area contributed by atoms with Gasteiger partial charge < -0.3 is 20.7 Å². The molecule has 0 aliphatic carbocycles. The molecule has 1 atom stereocenters. The molecule has 2 amide bonds. The highest BCUT2D eigenvalue weighted by Crippen LogP contribution is 2.31. The highest BCUT2D eigenvalue weighted by atomic mass is 32.1. The summed E-state index contributed by atoms with van der Waals surface area (Å²) >= 11 is 4.84. The zero-order valence-electron chi connectivity index (χ0n) is 17.0. The normalized spacial score (nSPS) is 15.7. The van der Waals surface area contributed by atoms with Gasteiger partial charge in [0.25, 0.3) is 0 Å². The summed E-state index contributed by atoms with van der Waals surface area (Å²) in [5.41, 5.74) is 5.31. The van der Waals surface area contributed by atoms with Gasteiger partial charge in [-0.1, -0.05) is 0 Å². The quantitative estimate of drug-likeness (QED) is 0.434. The summed E-state index contributed by atoms with van der Waals surface area (Å²) in [6, 6.07) is 2.15. The van der Waals surface area contributed by atoms with Crippen LogP contribution in [0.15, 0.2) is 12.1 Å². The van der Waals surface area contributed by atoms with Gasteiger partial charge in [-0.05, 0) is 19.1 Å². The topological polar surface area (TPSA) is 100 Å². The first kappa shape index (κ1) is 23.5. The SMILES string of the molecule is CCN(CCN(OC)C(N)=S)c1c(F)cc(N2C[C@H](CNC(C)=O)OC2=O)cc1F. The smallest absolute Gasteiger partial charge is 0.414 e. The van der Waals surface area contributed by atoms with E-state index in [1.165, 1.54) is 24.0 Å². The van der Waals surface area contributed by atoms with E-state index < -0.39 is 23.8 Å². The number of hydrogen-bond acceptors (Lipinski definition) is 6. The molecule has 30 heavy (non-hydrogen) atoms. The number of halogens is 2. The Morgan fingerprint density at radius 3 is 2.53 bits per heavy atom. The van der Waals surface area contributed by atoms with E-state index in [9.17, 15) is 18.4 Å². The third-order valence-corrected chi connectivity index (χ3v) is 4.71. The molecule has 0 unspecified atom stereocenters. The summed E-state index contributed by atoms with van der Waals surface area (Å²) in [6.45, 7) is 3.96. The molecule has 1 aromatic rings. The number of nitrogens with one attached hydrogen (secondary N) is 1. The Hall–Kier alpha value is -2.73. The molecule has 9 nitrogen and oxygen atoms in total. The summed E-state index contributed by atoms with van der Waals surface area (Å²) in [7, 11) is 1.39. The number of amides is 2. The molecular weight excluding hydrogens is 420 g/mol. The number of benzene rings is 1. The van der Waals surface area contributed by atoms with Gasteiger partial charge in [-0.2, -0.15) is 0 Å². The third kappa shape index (κ3) is 5.66. The maximum Gasteiger partial charge on any atom is 0.414 e. The van der Waals surface area contributed by atoms with Crippen LogP contribution >= 0.6 is 12.2 Å². The fourth-order valence-electron chi connectivity index (χ4n) is 3.04. The van der Waals surface area contributed by atoms with Gasteiger partial charge in [0.2, 0.25) is 5.91 Å². The molecule has 3 N–H and O–H groups in total. The van der Waals surface area contributed by atoms with Gasteiger partial charge in [-0.25, -0.2) is 18.6 Å². The van der Waals surface area contributed by atoms with Crippen LogP contribution in [0.25, 0.3) is 0 Å². The molecule has 1 aromatic carbocycles. The second-order valence-corrected chi connectivity index (χ2v) is 6.93. The number of carbonyl (C=O) groups excluding carboxylic acids is 2. The molecule has 166 valence electrons. The van der Waals surface area contributed by atoms with Crippen LogP contribution in [0.2, 0.25) is 0 Å². The molecule has 2 rings (SSSR count). The number of anilines is 2. The maximum atomic E-state index is 14.8. The number of rotatable bonds is 9. The number of ether oxygens (including phenoxy) is 1. The standard InChI is InChI=1S/C18H25F2N5O4S/c1-4-23(5-6-25(28-3)17(21)30)16-14(19)7-12(8-15(16)20)24-10-13(29-18(24)27)9-22-11(2)26/h7-8,13H,4-6,9-10H2,1-3H3,(H2,21,30)(H,22,26)/t13-/m0/s1. The van der Waals surface area contributed by atoms with Crippen LogP contribution in [0, 0.1) is 11.6 Å². The molecule has 1 aliphatic rings. The molecule has 0 aromatic heterocycles. The van der Waals surface area contributed by atoms with E-state index in [1.54, 1.807) is 6.92 Å². The molecule has 1 aliphatic heterocycles. The van der Waals surface area contributed by atoms with Crippen molar-refractivity contribution in [2.75, 3.05) is 49.6 Å². The molecule has 0 spiro atoms. The van der Waals surface area contributed by atoms with Crippen molar-refractivity contribution in [1.29, 1.82) is 0 Å². The van der Waals surface area contributed by atoms with Crippen LogP contribution in [-0.4, -0.2) is 68.1 Å². The summed E-state index contributed by atoms with van der Waals surface area (Å²) in [5.74, 6) is -1.93. The van der Waals surface area contributed by atoms with Crippen molar-refractivity contribution in [3.8, 4) is 0 Å². The van der Waals surface area contributed by atoms with Crippen LogP contribution in [-0.2, 0) is 14.4 Å². The Kier molecular flexibility index (Phi) is 8.12. The molecular formula is C18H25F2N5O4S. The van der Waals surface area contributed by atoms with Crippen LogP contribution in [0.3, 0.4) is 0 Å². The molecule has 0 radical (unpaired) electrons. The fraction of sp³-hybridized carbons (Fsp3) is 0.500. The maximum absolute atomic E-state index is 14.8. The average Bonchev–Trinajstić information content (AvgIpc) is 3.05. The van der Waals surface area contributed by atoms with Crippen molar-refractivity contribution in [2.45, 2.75) is 20.0 Å². The number of nitrogens with two attached hydrogens (primary N) is 1. The first-order chi connectivity index (χ1) is 14.2. The monoisotopic (exact) mass is 445 g/mol. The van der Waals surface area contributed by atoms with Crippen LogP contribution in [0.1, 0.15) is 13.8 Å². The summed E-state index contributed by atoms with van der Waals surface area (Å²) in [5, 5.41) is 3.78. The van der Waals surface area contributed by atoms with Crippen LogP contribution in [0.5, 0.6) is 0 Å². The van der Waals surface area contributed by atoms with Gasteiger partial charge in [-0.15, -0.1) is 0 Å². The Morgan fingerprint density at radius 2 is 2.03 bits per heavy atom. The van der Waals surface area contributed by atoms with Crippen LogP contribution in [0.4, 0.5) is 25.0 Å². The predicted octanol–water partition coefficient (Wildman–Crippen LogP) is 1.36. The number of hydroxylamine groups is 2. The largest absolute Gasteiger partial charge is 0.442 e. The van der Waals surface area contributed by atoms with Gasteiger partial charge in [0, 0.05) is 32.1 Å². The van der Waals surface area contributed by atoms with E-state index >= 15 is 0 Å². The van der Waals surface area contributed by atoms with Crippen molar-refractivity contribution in [3.05, 3.63) is 23.8 Å². The van der Waals surface area contributed by atoms with E-state index in [0.29, 0.717) is 6.54 Å². The first-order valence-corrected chi connectivity index (χ1v) is 9.66. The highest BCUT2D eigenvalue weighted by molar-refractivity contribution is 7.80. The molecule has 1 saturated heterocycles. The molecule has 0 saturated carbocycles. The minimum atomic E-state index is -0.829. The van der Waals surface area contributed by atoms with E-state index in [1.807, 2.05) is 0 Å². The summed E-state index contributed by atoms with van der Waals surface area (Å²) in [4.78, 5) is 30.7. The lowest BCUT2D eigenvalue weighted by molar-refractivity contribution is -0.119. The van der Waals surface area contributed by atoms with Crippen molar-refractivity contribution in [1.82, 2.24) is 10.4 Å². The zero-order valence-corrected chi connectivity index (χ0v) is 17.8. The third-order valence-electron chi connectivity index (χ3n) is 4.50. The molecule has 1 fully saturated rings. The second kappa shape index (κ2) is 10.3. The Bertz CT molecular complexity index is 790. The van der Waals surface area contributed by atoms with E-state index in [-0.39, 0.29) is 48.6 Å². The minimum absolute atomic E-state index is 0.00575. The number of carbonyl (C=O) groups is 2. The lowest BCUT2D eigenvalue weighted by Crippen LogP contribution is -2.41. The molecule has 12 heteroatoms. The Morgan fingerprint density at radius 1 is 1.40 bits per heavy atom. The van der Waals surface area contributed by atoms with E-state index in [2.05, 4.69) is 5.32 Å². The lowest BCUT2D eigenvalue weighted by Gasteiger charge is -2.28. The summed E-state index contributed by atoms with van der Waals surface area (Å²) < 4.78 is 34.8. The van der Waals surface area contributed by atoms with Crippen molar-refractivity contribution >= 4 is 40.7 Å². The Balaban J connectivity index is 2.17. The highest BCUT2D eigenvalue weighted by Gasteiger charge is 2.33. The molecule has 0 bridgehead atoms. The number of cyclic esters (lactones) is 1. The van der Waals surface area contributed by atoms with E-state index in [0.717, 1.165) is 17.0 Å². The van der Waals surface area contributed by atoms with Crippen molar-refractivity contribution in [3.63, 3.8) is 0 Å². The van der Waals surface area contributed by atoms with Gasteiger partial charge in [0.1, 0.15) is 11.8 Å². The fourth-order valence-corrected chi connectivity index (χ4v) is 3.20. The van der Waals surface area contributed by atoms with Gasteiger partial charge >= 0.3 is 6.09 Å².